The molecule has 0 nitrogen and oxygen atoms in total. The molecule has 1 rings (SSSR count). The second kappa shape index (κ2) is 9.76. The first kappa shape index (κ1) is 14.2. The zero-order valence-electron chi connectivity index (χ0n) is 10.8. The molecule has 0 saturated carbocycles. The lowest BCUT2D eigenvalue weighted by Crippen LogP contribution is -1.89. The van der Waals surface area contributed by atoms with Crippen LogP contribution < -0.4 is 0 Å². The Morgan fingerprint density at radius 1 is 0.933 bits per heavy atom. The summed E-state index contributed by atoms with van der Waals surface area (Å²) >= 11 is 0. The predicted molar refractivity (Wildman–Crippen MR) is 70.2 cm³/mol. The van der Waals surface area contributed by atoms with Gasteiger partial charge in [0.25, 0.3) is 0 Å². The van der Waals surface area contributed by atoms with E-state index in [0.717, 1.165) is 5.92 Å². The van der Waals surface area contributed by atoms with Crippen LogP contribution >= 0.6 is 0 Å². The molecule has 0 aromatic heterocycles. The van der Waals surface area contributed by atoms with E-state index in [0.29, 0.717) is 0 Å². The molecule has 0 aliphatic rings. The van der Waals surface area contributed by atoms with Crippen molar-refractivity contribution in [2.24, 2.45) is 5.92 Å². The number of aryl methyl sites for hydroxylation is 1. The van der Waals surface area contributed by atoms with Crippen LogP contribution in [0.1, 0.15) is 52.5 Å². The average molecular weight is 206 g/mol. The minimum atomic E-state index is 0.857. The molecule has 0 spiro atoms. The summed E-state index contributed by atoms with van der Waals surface area (Å²) in [7, 11) is 0. The number of unbranched alkanes of at least 4 members (excludes halogenated alkanes) is 1. The van der Waals surface area contributed by atoms with Gasteiger partial charge in [-0.1, -0.05) is 70.9 Å². The van der Waals surface area contributed by atoms with Crippen molar-refractivity contribution in [2.45, 2.75) is 53.4 Å². The van der Waals surface area contributed by atoms with Gasteiger partial charge in [-0.05, 0) is 24.3 Å². The minimum Gasteiger partial charge on any atom is -0.0683 e. The first-order chi connectivity index (χ1) is 7.29. The van der Waals surface area contributed by atoms with Crippen molar-refractivity contribution in [1.82, 2.24) is 0 Å². The van der Waals surface area contributed by atoms with Gasteiger partial charge in [-0.3, -0.25) is 0 Å². The molecule has 86 valence electrons. The number of rotatable bonds is 5. The van der Waals surface area contributed by atoms with Gasteiger partial charge in [0.1, 0.15) is 0 Å². The summed E-state index contributed by atoms with van der Waals surface area (Å²) < 4.78 is 0. The third-order valence-electron chi connectivity index (χ3n) is 2.34. The Labute approximate surface area is 95.7 Å². The maximum atomic E-state index is 2.29. The van der Waals surface area contributed by atoms with E-state index in [1.165, 1.54) is 31.2 Å². The van der Waals surface area contributed by atoms with Gasteiger partial charge < -0.3 is 0 Å². The molecule has 0 amide bonds. The fraction of sp³-hybridized carbons (Fsp3) is 0.600. The molecule has 1 aromatic rings. The highest BCUT2D eigenvalue weighted by Gasteiger charge is 1.95. The summed E-state index contributed by atoms with van der Waals surface area (Å²) in [6.45, 7) is 8.59. The topological polar surface area (TPSA) is 0 Å². The Morgan fingerprint density at radius 2 is 1.53 bits per heavy atom. The second-order valence-corrected chi connectivity index (χ2v) is 4.13. The smallest absolute Gasteiger partial charge is 0.0279 e. The SMILES string of the molecule is CC.CC(C)CCCCc1ccccc1. The number of hydrogen-bond donors (Lipinski definition) is 0. The van der Waals surface area contributed by atoms with Crippen LogP contribution in [-0.4, -0.2) is 0 Å². The molecular formula is C15H26. The molecule has 0 unspecified atom stereocenters. The van der Waals surface area contributed by atoms with Crippen LogP contribution in [0.4, 0.5) is 0 Å². The van der Waals surface area contributed by atoms with Crippen LogP contribution in [0.25, 0.3) is 0 Å². The molecule has 0 N–H and O–H groups in total. The minimum absolute atomic E-state index is 0.857. The van der Waals surface area contributed by atoms with Gasteiger partial charge in [-0.15, -0.1) is 0 Å². The molecule has 0 aliphatic heterocycles. The lowest BCUT2D eigenvalue weighted by molar-refractivity contribution is 0.538. The molecule has 0 aliphatic carbocycles. The molecule has 0 atom stereocenters. The van der Waals surface area contributed by atoms with Crippen LogP contribution in [0.3, 0.4) is 0 Å². The third kappa shape index (κ3) is 8.23. The highest BCUT2D eigenvalue weighted by atomic mass is 14.0. The number of benzene rings is 1. The van der Waals surface area contributed by atoms with Crippen molar-refractivity contribution in [3.05, 3.63) is 35.9 Å². The van der Waals surface area contributed by atoms with Crippen molar-refractivity contribution in [3.8, 4) is 0 Å². The van der Waals surface area contributed by atoms with E-state index in [9.17, 15) is 0 Å². The zero-order chi connectivity index (χ0) is 11.5. The quantitative estimate of drug-likeness (QED) is 0.589. The van der Waals surface area contributed by atoms with E-state index >= 15 is 0 Å². The van der Waals surface area contributed by atoms with Crippen LogP contribution in [0, 0.1) is 5.92 Å². The van der Waals surface area contributed by atoms with E-state index in [1.807, 2.05) is 13.8 Å². The number of hydrogen-bond acceptors (Lipinski definition) is 0. The Bertz CT molecular complexity index is 211. The molecule has 0 heterocycles. The maximum Gasteiger partial charge on any atom is -0.0279 e. The fourth-order valence-electron chi connectivity index (χ4n) is 1.53. The highest BCUT2D eigenvalue weighted by Crippen LogP contribution is 2.10. The maximum absolute atomic E-state index is 2.29. The molecule has 0 heteroatoms. The van der Waals surface area contributed by atoms with Gasteiger partial charge in [0, 0.05) is 0 Å². The lowest BCUT2D eigenvalue weighted by atomic mass is 10.0. The Hall–Kier alpha value is -0.780. The Kier molecular flexibility index (Phi) is 9.26. The van der Waals surface area contributed by atoms with Crippen LogP contribution in [0.2, 0.25) is 0 Å². The molecule has 15 heavy (non-hydrogen) atoms. The van der Waals surface area contributed by atoms with E-state index in [-0.39, 0.29) is 0 Å². The highest BCUT2D eigenvalue weighted by molar-refractivity contribution is 5.14. The first-order valence-electron chi connectivity index (χ1n) is 6.33. The summed E-state index contributed by atoms with van der Waals surface area (Å²) in [6.07, 6.45) is 5.31. The summed E-state index contributed by atoms with van der Waals surface area (Å²) in [5, 5.41) is 0. The van der Waals surface area contributed by atoms with Crippen molar-refractivity contribution >= 4 is 0 Å². The van der Waals surface area contributed by atoms with Crippen molar-refractivity contribution in [3.63, 3.8) is 0 Å². The third-order valence-corrected chi connectivity index (χ3v) is 2.34. The zero-order valence-corrected chi connectivity index (χ0v) is 10.8. The van der Waals surface area contributed by atoms with Crippen LogP contribution in [0.15, 0.2) is 30.3 Å². The summed E-state index contributed by atoms with van der Waals surface area (Å²) in [5.41, 5.74) is 1.48. The van der Waals surface area contributed by atoms with E-state index in [4.69, 9.17) is 0 Å². The van der Waals surface area contributed by atoms with Gasteiger partial charge in [0.15, 0.2) is 0 Å². The van der Waals surface area contributed by atoms with Gasteiger partial charge in [-0.25, -0.2) is 0 Å². The van der Waals surface area contributed by atoms with Crippen molar-refractivity contribution in [1.29, 1.82) is 0 Å². The second-order valence-electron chi connectivity index (χ2n) is 4.13. The Morgan fingerprint density at radius 3 is 2.07 bits per heavy atom. The van der Waals surface area contributed by atoms with Gasteiger partial charge >= 0.3 is 0 Å². The average Bonchev–Trinajstić information content (AvgIpc) is 2.28. The van der Waals surface area contributed by atoms with Crippen LogP contribution in [-0.2, 0) is 6.42 Å². The van der Waals surface area contributed by atoms with Gasteiger partial charge in [-0.2, -0.15) is 0 Å². The lowest BCUT2D eigenvalue weighted by Gasteiger charge is -2.04. The Balaban J connectivity index is 0.000000921. The van der Waals surface area contributed by atoms with Crippen molar-refractivity contribution < 1.29 is 0 Å². The molecule has 1 aromatic carbocycles. The molecule has 0 fully saturated rings. The summed E-state index contributed by atoms with van der Waals surface area (Å²) in [4.78, 5) is 0. The van der Waals surface area contributed by atoms with E-state index < -0.39 is 0 Å². The largest absolute Gasteiger partial charge is 0.0683 e. The standard InChI is InChI=1S/C13H20.C2H6/c1-12(2)8-6-7-11-13-9-4-3-5-10-13;1-2/h3-5,9-10,12H,6-8,11H2,1-2H3;1-2H3. The normalized spacial score (nSPS) is 9.67. The predicted octanol–water partition coefficient (Wildman–Crippen LogP) is 5.08. The van der Waals surface area contributed by atoms with E-state index in [1.54, 1.807) is 0 Å². The molecule has 0 bridgehead atoms. The fourth-order valence-corrected chi connectivity index (χ4v) is 1.53. The van der Waals surface area contributed by atoms with Gasteiger partial charge in [0.2, 0.25) is 0 Å². The summed E-state index contributed by atoms with van der Waals surface area (Å²) in [5.74, 6) is 0.857. The summed E-state index contributed by atoms with van der Waals surface area (Å²) in [6, 6.07) is 10.8. The molecule has 0 radical (unpaired) electrons. The molecular weight excluding hydrogens is 180 g/mol. The van der Waals surface area contributed by atoms with Gasteiger partial charge in [0.05, 0.1) is 0 Å². The van der Waals surface area contributed by atoms with Crippen LogP contribution in [0.5, 0.6) is 0 Å². The van der Waals surface area contributed by atoms with Crippen molar-refractivity contribution in [2.75, 3.05) is 0 Å². The first-order valence-corrected chi connectivity index (χ1v) is 6.33. The molecule has 0 saturated heterocycles. The van der Waals surface area contributed by atoms with E-state index in [2.05, 4.69) is 44.2 Å². The monoisotopic (exact) mass is 206 g/mol.